The fourth-order valence-electron chi connectivity index (χ4n) is 1.06. The van der Waals surface area contributed by atoms with Crippen LogP contribution in [0.2, 0.25) is 0 Å². The molecule has 0 saturated carbocycles. The summed E-state index contributed by atoms with van der Waals surface area (Å²) in [5, 5.41) is 11.3. The zero-order valence-electron chi connectivity index (χ0n) is 9.32. The van der Waals surface area contributed by atoms with E-state index in [-0.39, 0.29) is 12.6 Å². The second-order valence-corrected chi connectivity index (χ2v) is 3.33. The second-order valence-electron chi connectivity index (χ2n) is 3.33. The summed E-state index contributed by atoms with van der Waals surface area (Å²) in [6.07, 6.45) is 0. The van der Waals surface area contributed by atoms with Gasteiger partial charge in [-0.2, -0.15) is 0 Å². The number of aliphatic hydroxyl groups is 1. The monoisotopic (exact) mass is 218 g/mol. The van der Waals surface area contributed by atoms with Crippen LogP contribution in [0, 0.1) is 11.8 Å². The van der Waals surface area contributed by atoms with Crippen LogP contribution in [-0.4, -0.2) is 36.7 Å². The third-order valence-corrected chi connectivity index (χ3v) is 1.88. The summed E-state index contributed by atoms with van der Waals surface area (Å²) in [7, 11) is 3.33. The van der Waals surface area contributed by atoms with Crippen molar-refractivity contribution in [2.45, 2.75) is 0 Å². The number of urea groups is 1. The van der Waals surface area contributed by atoms with Gasteiger partial charge in [0.05, 0.1) is 5.69 Å². The van der Waals surface area contributed by atoms with E-state index in [0.717, 1.165) is 0 Å². The van der Waals surface area contributed by atoms with Gasteiger partial charge in [0.15, 0.2) is 0 Å². The van der Waals surface area contributed by atoms with Crippen molar-refractivity contribution in [3.8, 4) is 11.8 Å². The number of anilines is 1. The lowest BCUT2D eigenvalue weighted by Crippen LogP contribution is -2.27. The highest BCUT2D eigenvalue weighted by Gasteiger charge is 2.05. The van der Waals surface area contributed by atoms with Crippen molar-refractivity contribution in [1.82, 2.24) is 4.90 Å². The first-order chi connectivity index (χ1) is 7.65. The quantitative estimate of drug-likeness (QED) is 0.694. The highest BCUT2D eigenvalue weighted by molar-refractivity contribution is 5.90. The number of para-hydroxylation sites is 1. The van der Waals surface area contributed by atoms with Crippen LogP contribution >= 0.6 is 0 Å². The van der Waals surface area contributed by atoms with Crippen molar-refractivity contribution < 1.29 is 9.90 Å². The molecule has 0 aliphatic rings. The molecule has 4 nitrogen and oxygen atoms in total. The number of rotatable bonds is 1. The van der Waals surface area contributed by atoms with Crippen molar-refractivity contribution in [2.24, 2.45) is 0 Å². The van der Waals surface area contributed by atoms with Gasteiger partial charge in [-0.15, -0.1) is 0 Å². The topological polar surface area (TPSA) is 52.6 Å². The van der Waals surface area contributed by atoms with Crippen molar-refractivity contribution in [3.63, 3.8) is 0 Å². The van der Waals surface area contributed by atoms with Gasteiger partial charge in [0, 0.05) is 19.7 Å². The average Bonchev–Trinajstić information content (AvgIpc) is 2.27. The Bertz CT molecular complexity index is 430. The Morgan fingerprint density at radius 3 is 2.75 bits per heavy atom. The molecule has 0 atom stereocenters. The van der Waals surface area contributed by atoms with Crippen LogP contribution in [0.25, 0.3) is 0 Å². The number of carbonyl (C=O) groups excluding carboxylic acids is 1. The van der Waals surface area contributed by atoms with Crippen molar-refractivity contribution >= 4 is 11.7 Å². The maximum absolute atomic E-state index is 11.5. The number of aliphatic hydroxyl groups excluding tert-OH is 1. The second kappa shape index (κ2) is 5.79. The number of hydrogen-bond donors (Lipinski definition) is 2. The molecule has 0 bridgehead atoms. The van der Waals surface area contributed by atoms with E-state index in [0.29, 0.717) is 11.3 Å². The fraction of sp³-hybridized carbons (Fsp3) is 0.250. The van der Waals surface area contributed by atoms with Gasteiger partial charge in [-0.3, -0.25) is 0 Å². The summed E-state index contributed by atoms with van der Waals surface area (Å²) in [5.74, 6) is 5.32. The standard InChI is InChI=1S/C12H14N2O2/c1-14(2)12(16)13-11-8-4-3-6-10(11)7-5-9-15/h3-4,6,8,15H,9H2,1-2H3,(H,13,16). The molecule has 84 valence electrons. The van der Waals surface area contributed by atoms with E-state index in [1.54, 1.807) is 26.2 Å². The Morgan fingerprint density at radius 1 is 1.44 bits per heavy atom. The molecule has 0 aliphatic carbocycles. The summed E-state index contributed by atoms with van der Waals surface area (Å²) in [6.45, 7) is -0.198. The number of nitrogens with one attached hydrogen (secondary N) is 1. The molecule has 16 heavy (non-hydrogen) atoms. The third-order valence-electron chi connectivity index (χ3n) is 1.88. The first kappa shape index (κ1) is 12.1. The largest absolute Gasteiger partial charge is 0.384 e. The van der Waals surface area contributed by atoms with Crippen molar-refractivity contribution in [1.29, 1.82) is 0 Å². The first-order valence-electron chi connectivity index (χ1n) is 4.82. The van der Waals surface area contributed by atoms with Gasteiger partial charge in [0.1, 0.15) is 6.61 Å². The number of amides is 2. The molecule has 0 saturated heterocycles. The van der Waals surface area contributed by atoms with E-state index in [4.69, 9.17) is 5.11 Å². The SMILES string of the molecule is CN(C)C(=O)Nc1ccccc1C#CCO. The maximum Gasteiger partial charge on any atom is 0.321 e. The molecular weight excluding hydrogens is 204 g/mol. The van der Waals surface area contributed by atoms with Gasteiger partial charge in [-0.25, -0.2) is 4.79 Å². The number of nitrogens with zero attached hydrogens (tertiary/aromatic N) is 1. The molecule has 2 N–H and O–H groups in total. The Hall–Kier alpha value is -1.99. The molecule has 0 aliphatic heterocycles. The van der Waals surface area contributed by atoms with Crippen molar-refractivity contribution in [3.05, 3.63) is 29.8 Å². The third kappa shape index (κ3) is 3.30. The Balaban J connectivity index is 2.91. The zero-order chi connectivity index (χ0) is 12.0. The minimum Gasteiger partial charge on any atom is -0.384 e. The molecule has 0 fully saturated rings. The predicted octanol–water partition coefficient (Wildman–Crippen LogP) is 1.12. The fourth-order valence-corrected chi connectivity index (χ4v) is 1.06. The summed E-state index contributed by atoms with van der Waals surface area (Å²) < 4.78 is 0. The van der Waals surface area contributed by atoms with Crippen LogP contribution in [0.3, 0.4) is 0 Å². The lowest BCUT2D eigenvalue weighted by Gasteiger charge is -2.12. The van der Waals surface area contributed by atoms with Crippen LogP contribution in [-0.2, 0) is 0 Å². The van der Waals surface area contributed by atoms with E-state index in [1.165, 1.54) is 4.90 Å². The molecule has 0 unspecified atom stereocenters. The van der Waals surface area contributed by atoms with E-state index >= 15 is 0 Å². The summed E-state index contributed by atoms with van der Waals surface area (Å²) >= 11 is 0. The predicted molar refractivity (Wildman–Crippen MR) is 63.1 cm³/mol. The van der Waals surface area contributed by atoms with E-state index in [9.17, 15) is 4.79 Å². The Kier molecular flexibility index (Phi) is 4.37. The van der Waals surface area contributed by atoms with E-state index in [2.05, 4.69) is 17.2 Å². The van der Waals surface area contributed by atoms with Gasteiger partial charge in [-0.1, -0.05) is 24.0 Å². The molecule has 2 amide bonds. The highest BCUT2D eigenvalue weighted by Crippen LogP contribution is 2.13. The lowest BCUT2D eigenvalue weighted by atomic mass is 10.2. The van der Waals surface area contributed by atoms with Crippen LogP contribution in [0.5, 0.6) is 0 Å². The molecule has 0 heterocycles. The molecular formula is C12H14N2O2. The Morgan fingerprint density at radius 2 is 2.12 bits per heavy atom. The molecule has 0 radical (unpaired) electrons. The van der Waals surface area contributed by atoms with E-state index in [1.807, 2.05) is 12.1 Å². The molecule has 4 heteroatoms. The highest BCUT2D eigenvalue weighted by atomic mass is 16.2. The number of hydrogen-bond acceptors (Lipinski definition) is 2. The lowest BCUT2D eigenvalue weighted by molar-refractivity contribution is 0.230. The summed E-state index contributed by atoms with van der Waals surface area (Å²) in [5.41, 5.74) is 1.33. The molecule has 1 rings (SSSR count). The van der Waals surface area contributed by atoms with Gasteiger partial charge in [-0.05, 0) is 12.1 Å². The van der Waals surface area contributed by atoms with Crippen LogP contribution in [0.1, 0.15) is 5.56 Å². The van der Waals surface area contributed by atoms with Crippen molar-refractivity contribution in [2.75, 3.05) is 26.0 Å². The minimum absolute atomic E-state index is 0.198. The first-order valence-corrected chi connectivity index (χ1v) is 4.82. The summed E-state index contributed by atoms with van der Waals surface area (Å²) in [4.78, 5) is 12.9. The maximum atomic E-state index is 11.5. The number of benzene rings is 1. The van der Waals surface area contributed by atoms with Crippen LogP contribution in [0.4, 0.5) is 10.5 Å². The van der Waals surface area contributed by atoms with Crippen LogP contribution in [0.15, 0.2) is 24.3 Å². The smallest absolute Gasteiger partial charge is 0.321 e. The van der Waals surface area contributed by atoms with E-state index < -0.39 is 0 Å². The molecule has 0 spiro atoms. The van der Waals surface area contributed by atoms with Crippen LogP contribution < -0.4 is 5.32 Å². The Labute approximate surface area is 94.9 Å². The molecule has 1 aromatic rings. The zero-order valence-corrected chi connectivity index (χ0v) is 9.32. The van der Waals surface area contributed by atoms with Gasteiger partial charge < -0.3 is 15.3 Å². The molecule has 0 aromatic heterocycles. The normalized spacial score (nSPS) is 8.94. The minimum atomic E-state index is -0.210. The average molecular weight is 218 g/mol. The summed E-state index contributed by atoms with van der Waals surface area (Å²) in [6, 6.07) is 6.98. The number of carbonyl (C=O) groups is 1. The van der Waals surface area contributed by atoms with Gasteiger partial charge in [0.25, 0.3) is 0 Å². The van der Waals surface area contributed by atoms with Gasteiger partial charge in [0.2, 0.25) is 0 Å². The van der Waals surface area contributed by atoms with Gasteiger partial charge >= 0.3 is 6.03 Å². The molecule has 1 aromatic carbocycles.